The molecule has 3 rings (SSSR count). The number of alkyl halides is 3. The van der Waals surface area contributed by atoms with Crippen LogP contribution < -0.4 is 4.90 Å². The Morgan fingerprint density at radius 3 is 2.38 bits per heavy atom. The van der Waals surface area contributed by atoms with Gasteiger partial charge in [0.1, 0.15) is 5.82 Å². The minimum Gasteiger partial charge on any atom is -0.353 e. The van der Waals surface area contributed by atoms with Gasteiger partial charge in [-0.1, -0.05) is 23.8 Å². The fraction of sp³-hybridized carbons (Fsp3) is 0.389. The summed E-state index contributed by atoms with van der Waals surface area (Å²) in [5, 5.41) is 3.64. The Morgan fingerprint density at radius 1 is 1.08 bits per heavy atom. The average Bonchev–Trinajstić information content (AvgIpc) is 2.97. The van der Waals surface area contributed by atoms with Gasteiger partial charge in [0.05, 0.1) is 6.04 Å². The monoisotopic (exact) mass is 363 g/mol. The number of hydrogen-bond acceptors (Lipinski definition) is 4. The maximum atomic E-state index is 13.0. The Kier molecular flexibility index (Phi) is 4.37. The summed E-state index contributed by atoms with van der Waals surface area (Å²) in [7, 11) is 1.83. The second-order valence-electron chi connectivity index (χ2n) is 6.55. The molecule has 0 spiro atoms. The molecule has 138 valence electrons. The van der Waals surface area contributed by atoms with Gasteiger partial charge in [0, 0.05) is 18.8 Å². The van der Waals surface area contributed by atoms with Crippen LogP contribution in [0.2, 0.25) is 0 Å². The predicted octanol–water partition coefficient (Wildman–Crippen LogP) is 4.27. The van der Waals surface area contributed by atoms with Gasteiger partial charge in [0.2, 0.25) is 0 Å². The summed E-state index contributed by atoms with van der Waals surface area (Å²) in [5.41, 5.74) is 3.96. The number of aromatic nitrogens is 4. The summed E-state index contributed by atoms with van der Waals surface area (Å²) in [6, 6.07) is 7.79. The average molecular weight is 363 g/mol. The van der Waals surface area contributed by atoms with Crippen LogP contribution in [0, 0.1) is 20.8 Å². The first-order chi connectivity index (χ1) is 12.1. The van der Waals surface area contributed by atoms with Crippen molar-refractivity contribution in [3.8, 4) is 0 Å². The molecule has 0 fully saturated rings. The lowest BCUT2D eigenvalue weighted by Gasteiger charge is -2.28. The van der Waals surface area contributed by atoms with E-state index in [1.165, 1.54) is 0 Å². The summed E-state index contributed by atoms with van der Waals surface area (Å²) < 4.78 is 40.1. The van der Waals surface area contributed by atoms with Crippen molar-refractivity contribution in [1.82, 2.24) is 19.6 Å². The first kappa shape index (κ1) is 18.2. The molecule has 26 heavy (non-hydrogen) atoms. The third-order valence-electron chi connectivity index (χ3n) is 4.49. The van der Waals surface area contributed by atoms with E-state index in [0.29, 0.717) is 11.5 Å². The minimum atomic E-state index is -4.61. The van der Waals surface area contributed by atoms with Crippen LogP contribution >= 0.6 is 0 Å². The minimum absolute atomic E-state index is 0.0630. The van der Waals surface area contributed by atoms with Crippen LogP contribution in [-0.4, -0.2) is 26.6 Å². The van der Waals surface area contributed by atoms with E-state index in [0.717, 1.165) is 21.2 Å². The number of halogens is 3. The number of anilines is 1. The van der Waals surface area contributed by atoms with Crippen LogP contribution in [0.4, 0.5) is 19.0 Å². The fourth-order valence-electron chi connectivity index (χ4n) is 3.04. The predicted molar refractivity (Wildman–Crippen MR) is 93.3 cm³/mol. The quantitative estimate of drug-likeness (QED) is 0.697. The molecule has 0 amide bonds. The van der Waals surface area contributed by atoms with Crippen LogP contribution in [0.25, 0.3) is 5.78 Å². The second kappa shape index (κ2) is 6.26. The van der Waals surface area contributed by atoms with E-state index in [1.54, 1.807) is 13.0 Å². The Hall–Kier alpha value is -2.64. The Balaban J connectivity index is 2.09. The summed E-state index contributed by atoms with van der Waals surface area (Å²) in [6.07, 6.45) is -4.61. The number of aryl methyl sites for hydroxylation is 3. The lowest BCUT2D eigenvalue weighted by molar-refractivity contribution is -0.144. The summed E-state index contributed by atoms with van der Waals surface area (Å²) >= 11 is 0. The van der Waals surface area contributed by atoms with Crippen LogP contribution in [0.3, 0.4) is 0 Å². The molecule has 0 saturated carbocycles. The molecule has 0 N–H and O–H groups in total. The molecular formula is C18H20F3N5. The zero-order chi connectivity index (χ0) is 19.2. The van der Waals surface area contributed by atoms with Crippen molar-refractivity contribution in [2.45, 2.75) is 39.9 Å². The molecular weight excluding hydrogens is 343 g/mol. The molecule has 0 bridgehead atoms. The zero-order valence-electron chi connectivity index (χ0n) is 15.3. The molecule has 3 aromatic rings. The normalized spacial score (nSPS) is 13.2. The second-order valence-corrected chi connectivity index (χ2v) is 6.55. The summed E-state index contributed by atoms with van der Waals surface area (Å²) in [4.78, 5) is 9.50. The first-order valence-electron chi connectivity index (χ1n) is 8.19. The van der Waals surface area contributed by atoms with Crippen molar-refractivity contribution in [3.05, 3.63) is 52.5 Å². The fourth-order valence-corrected chi connectivity index (χ4v) is 3.04. The molecule has 0 aliphatic carbocycles. The van der Waals surface area contributed by atoms with Gasteiger partial charge in [0.15, 0.2) is 0 Å². The lowest BCUT2D eigenvalue weighted by Crippen LogP contribution is -2.25. The van der Waals surface area contributed by atoms with E-state index in [-0.39, 0.29) is 11.8 Å². The number of rotatable bonds is 3. The first-order valence-corrected chi connectivity index (χ1v) is 8.19. The third-order valence-corrected chi connectivity index (χ3v) is 4.49. The smallest absolute Gasteiger partial charge is 0.353 e. The van der Waals surface area contributed by atoms with Crippen LogP contribution in [0.1, 0.15) is 41.2 Å². The van der Waals surface area contributed by atoms with Crippen molar-refractivity contribution in [2.75, 3.05) is 11.9 Å². The molecule has 0 saturated heterocycles. The van der Waals surface area contributed by atoms with Crippen molar-refractivity contribution < 1.29 is 13.2 Å². The van der Waals surface area contributed by atoms with Crippen LogP contribution in [0.5, 0.6) is 0 Å². The van der Waals surface area contributed by atoms with Gasteiger partial charge in [-0.25, -0.2) is 4.98 Å². The van der Waals surface area contributed by atoms with Gasteiger partial charge in [0.25, 0.3) is 11.6 Å². The molecule has 1 aromatic carbocycles. The van der Waals surface area contributed by atoms with Crippen molar-refractivity contribution in [1.29, 1.82) is 0 Å². The molecule has 0 aliphatic rings. The Labute approximate surface area is 149 Å². The van der Waals surface area contributed by atoms with E-state index in [2.05, 4.69) is 21.1 Å². The molecule has 2 heterocycles. The highest BCUT2D eigenvalue weighted by Crippen LogP contribution is 2.30. The summed E-state index contributed by atoms with van der Waals surface area (Å²) in [5.74, 6) is -0.751. The number of nitrogens with zero attached hydrogens (tertiary/aromatic N) is 5. The SMILES string of the molecule is Cc1ccc([C@@H](C)N(C)c2cc(C)nc3nc(C(F)(F)F)nn23)c(C)c1. The van der Waals surface area contributed by atoms with Crippen molar-refractivity contribution in [2.24, 2.45) is 0 Å². The van der Waals surface area contributed by atoms with Gasteiger partial charge in [-0.2, -0.15) is 22.7 Å². The Bertz CT molecular complexity index is 961. The van der Waals surface area contributed by atoms with E-state index in [9.17, 15) is 13.2 Å². The van der Waals surface area contributed by atoms with E-state index < -0.39 is 12.0 Å². The number of fused-ring (bicyclic) bond motifs is 1. The molecule has 0 aliphatic heterocycles. The number of hydrogen-bond donors (Lipinski definition) is 0. The van der Waals surface area contributed by atoms with Gasteiger partial charge < -0.3 is 4.90 Å². The van der Waals surface area contributed by atoms with Gasteiger partial charge in [-0.15, -0.1) is 5.10 Å². The highest BCUT2D eigenvalue weighted by atomic mass is 19.4. The largest absolute Gasteiger partial charge is 0.453 e. The third kappa shape index (κ3) is 3.23. The maximum Gasteiger partial charge on any atom is 0.453 e. The van der Waals surface area contributed by atoms with Crippen LogP contribution in [-0.2, 0) is 6.18 Å². The maximum absolute atomic E-state index is 13.0. The highest BCUT2D eigenvalue weighted by molar-refractivity contribution is 5.50. The lowest BCUT2D eigenvalue weighted by atomic mass is 9.99. The molecule has 1 atom stereocenters. The van der Waals surface area contributed by atoms with Crippen LogP contribution in [0.15, 0.2) is 24.3 Å². The van der Waals surface area contributed by atoms with Gasteiger partial charge in [-0.05, 0) is 38.8 Å². The topological polar surface area (TPSA) is 46.3 Å². The van der Waals surface area contributed by atoms with E-state index >= 15 is 0 Å². The summed E-state index contributed by atoms with van der Waals surface area (Å²) in [6.45, 7) is 7.77. The van der Waals surface area contributed by atoms with Crippen molar-refractivity contribution in [3.63, 3.8) is 0 Å². The van der Waals surface area contributed by atoms with E-state index in [1.807, 2.05) is 44.9 Å². The molecule has 5 nitrogen and oxygen atoms in total. The van der Waals surface area contributed by atoms with Crippen molar-refractivity contribution >= 4 is 11.6 Å². The Morgan fingerprint density at radius 2 is 1.77 bits per heavy atom. The van der Waals surface area contributed by atoms with E-state index in [4.69, 9.17) is 0 Å². The molecule has 0 unspecified atom stereocenters. The molecule has 2 aromatic heterocycles. The standard InChI is InChI=1S/C18H20F3N5/c1-10-6-7-14(11(2)8-10)13(4)25(5)15-9-12(3)22-17-23-16(18(19,20)21)24-26(15)17/h6-9,13H,1-5H3/t13-/m1/s1. The molecule has 0 radical (unpaired) electrons. The van der Waals surface area contributed by atoms with Gasteiger partial charge >= 0.3 is 6.18 Å². The highest BCUT2D eigenvalue weighted by Gasteiger charge is 2.37. The zero-order valence-corrected chi connectivity index (χ0v) is 15.3. The van der Waals surface area contributed by atoms with Gasteiger partial charge in [-0.3, -0.25) is 0 Å². The number of benzene rings is 1. The molecule has 8 heteroatoms.